The van der Waals surface area contributed by atoms with E-state index in [2.05, 4.69) is 26.3 Å². The fourth-order valence-corrected chi connectivity index (χ4v) is 5.91. The zero-order valence-corrected chi connectivity index (χ0v) is 22.6. The molecule has 3 aliphatic rings. The summed E-state index contributed by atoms with van der Waals surface area (Å²) >= 11 is 0. The third-order valence-electron chi connectivity index (χ3n) is 7.46. The van der Waals surface area contributed by atoms with E-state index < -0.39 is 22.2 Å². The Labute approximate surface area is 230 Å². The molecule has 2 aromatic heterocycles. The Bertz CT molecular complexity index is 1330. The Morgan fingerprint density at radius 2 is 1.79 bits per heavy atom. The van der Waals surface area contributed by atoms with Gasteiger partial charge in [-0.2, -0.15) is 5.26 Å². The second kappa shape index (κ2) is 12.1. The third-order valence-corrected chi connectivity index (χ3v) is 8.73. The van der Waals surface area contributed by atoms with E-state index in [0.29, 0.717) is 17.3 Å². The first-order valence-electron chi connectivity index (χ1n) is 13.5. The van der Waals surface area contributed by atoms with Crippen molar-refractivity contribution >= 4 is 22.4 Å². The fourth-order valence-electron chi connectivity index (χ4n) is 4.86. The Kier molecular flexibility index (Phi) is 8.36. The molecule has 0 spiro atoms. The molecule has 204 valence electrons. The lowest BCUT2D eigenvalue weighted by atomic mass is 9.88. The summed E-state index contributed by atoms with van der Waals surface area (Å²) in [6, 6.07) is 13.1. The highest BCUT2D eigenvalue weighted by Gasteiger charge is 2.45. The number of nitrogens with zero attached hydrogens (tertiary/aromatic N) is 4. The number of benzene rings is 1. The fraction of sp³-hybridized carbons (Fsp3) is 0.448. The summed E-state index contributed by atoms with van der Waals surface area (Å²) in [5.74, 6) is 1.70. The van der Waals surface area contributed by atoms with E-state index in [1.165, 1.54) is 18.6 Å². The minimum absolute atomic E-state index is 0.115. The second-order valence-corrected chi connectivity index (χ2v) is 12.0. The van der Waals surface area contributed by atoms with E-state index in [4.69, 9.17) is 9.68 Å². The summed E-state index contributed by atoms with van der Waals surface area (Å²) in [7, 11) is -0.679. The van der Waals surface area contributed by atoms with Gasteiger partial charge in [0, 0.05) is 52.6 Å². The van der Waals surface area contributed by atoms with Crippen molar-refractivity contribution in [1.82, 2.24) is 15.3 Å². The van der Waals surface area contributed by atoms with Gasteiger partial charge in [0.25, 0.3) is 0 Å². The van der Waals surface area contributed by atoms with Crippen LogP contribution in [0.4, 0.5) is 10.1 Å². The average Bonchev–Trinajstić information content (AvgIpc) is 3.58. The molecule has 6 rings (SSSR count). The molecule has 2 aliphatic carbocycles. The van der Waals surface area contributed by atoms with Crippen molar-refractivity contribution in [2.45, 2.75) is 50.5 Å². The molecular weight excluding hydrogens is 517 g/mol. The predicted molar refractivity (Wildman–Crippen MR) is 148 cm³/mol. The molecule has 10 heteroatoms. The molecule has 1 amide bonds. The lowest BCUT2D eigenvalue weighted by Crippen LogP contribution is -2.40. The van der Waals surface area contributed by atoms with Gasteiger partial charge in [0.1, 0.15) is 29.0 Å². The predicted octanol–water partition coefficient (Wildman–Crippen LogP) is 4.85. The summed E-state index contributed by atoms with van der Waals surface area (Å²) in [5, 5.41) is 11.7. The van der Waals surface area contributed by atoms with Crippen LogP contribution in [-0.4, -0.2) is 50.2 Å². The van der Waals surface area contributed by atoms with Crippen molar-refractivity contribution in [2.75, 3.05) is 29.5 Å². The molecule has 3 aromatic rings. The number of oxazole rings is 1. The highest BCUT2D eigenvalue weighted by atomic mass is 32.2. The minimum atomic E-state index is -0.679. The second-order valence-electron chi connectivity index (χ2n) is 10.3. The van der Waals surface area contributed by atoms with Crippen molar-refractivity contribution in [3.63, 3.8) is 0 Å². The van der Waals surface area contributed by atoms with Crippen LogP contribution in [0.25, 0.3) is 22.8 Å². The molecule has 1 aromatic carbocycles. The summed E-state index contributed by atoms with van der Waals surface area (Å²) < 4.78 is 29.9. The minimum Gasteiger partial charge on any atom is -0.443 e. The highest BCUT2D eigenvalue weighted by molar-refractivity contribution is 7.85. The van der Waals surface area contributed by atoms with Crippen LogP contribution < -0.4 is 10.2 Å². The molecule has 3 heterocycles. The number of nitriles is 1. The molecule has 1 N–H and O–H groups in total. The van der Waals surface area contributed by atoms with Gasteiger partial charge in [-0.15, -0.1) is 0 Å². The van der Waals surface area contributed by atoms with Crippen LogP contribution in [0.1, 0.15) is 44.9 Å². The van der Waals surface area contributed by atoms with Crippen LogP contribution in [0.3, 0.4) is 0 Å². The van der Waals surface area contributed by atoms with Gasteiger partial charge in [0.2, 0.25) is 11.8 Å². The molecule has 0 radical (unpaired) electrons. The number of carbonyl (C=O) groups is 1. The van der Waals surface area contributed by atoms with E-state index >= 15 is 0 Å². The summed E-state index contributed by atoms with van der Waals surface area (Å²) in [6.07, 6.45) is 9.98. The number of amides is 1. The first kappa shape index (κ1) is 27.0. The smallest absolute Gasteiger partial charge is 0.245 e. The maximum absolute atomic E-state index is 13.0. The topological polar surface area (TPSA) is 112 Å². The van der Waals surface area contributed by atoms with Crippen molar-refractivity contribution < 1.29 is 17.8 Å². The number of rotatable bonds is 5. The van der Waals surface area contributed by atoms with Gasteiger partial charge in [-0.05, 0) is 49.9 Å². The van der Waals surface area contributed by atoms with Crippen LogP contribution >= 0.6 is 0 Å². The van der Waals surface area contributed by atoms with Gasteiger partial charge in [-0.25, -0.2) is 14.4 Å². The Hall–Kier alpha value is -3.58. The maximum Gasteiger partial charge on any atom is 0.245 e. The van der Waals surface area contributed by atoms with Gasteiger partial charge in [-0.1, -0.05) is 31.4 Å². The molecule has 0 atom stereocenters. The monoisotopic (exact) mass is 549 g/mol. The van der Waals surface area contributed by atoms with Gasteiger partial charge < -0.3 is 14.6 Å². The number of anilines is 1. The van der Waals surface area contributed by atoms with Crippen molar-refractivity contribution in [3.8, 4) is 28.9 Å². The zero-order valence-electron chi connectivity index (χ0n) is 21.8. The largest absolute Gasteiger partial charge is 0.443 e. The Balaban J connectivity index is 0.000000186. The summed E-state index contributed by atoms with van der Waals surface area (Å²) in [5.41, 5.74) is 2.76. The molecule has 1 saturated heterocycles. The zero-order chi connectivity index (χ0) is 27.2. The lowest BCUT2D eigenvalue weighted by molar-refractivity contribution is -0.126. The number of pyridine rings is 1. The molecular formula is C29H32FN5O3S. The number of aromatic nitrogens is 2. The van der Waals surface area contributed by atoms with Crippen LogP contribution in [0.2, 0.25) is 0 Å². The molecule has 3 fully saturated rings. The standard InChI is InChI=1S/C18H16FN3O2S.C11H16N2O/c19-14-3-6-16(20-11-14)18-21-17(12-24-18)13-1-4-15(5-2-13)22-7-9-25(23)10-8-22;12-8-11(6-7-11)13-10(14)9-4-2-1-3-5-9/h1-6,11-12H,7-10H2;9H,1-7H2,(H,13,14). The number of hydrogen-bond acceptors (Lipinski definition) is 7. The average molecular weight is 550 g/mol. The normalized spacial score (nSPS) is 18.9. The van der Waals surface area contributed by atoms with E-state index in [9.17, 15) is 13.4 Å². The van der Waals surface area contributed by atoms with Gasteiger partial charge in [0.15, 0.2) is 0 Å². The van der Waals surface area contributed by atoms with E-state index in [1.54, 1.807) is 6.26 Å². The van der Waals surface area contributed by atoms with Gasteiger partial charge in [-0.3, -0.25) is 9.00 Å². The van der Waals surface area contributed by atoms with Crippen LogP contribution in [0.15, 0.2) is 53.3 Å². The number of carbonyl (C=O) groups excluding carboxylic acids is 1. The van der Waals surface area contributed by atoms with Crippen LogP contribution in [-0.2, 0) is 15.6 Å². The van der Waals surface area contributed by atoms with Gasteiger partial charge >= 0.3 is 0 Å². The number of halogens is 1. The van der Waals surface area contributed by atoms with E-state index in [-0.39, 0.29) is 11.8 Å². The SMILES string of the molecule is N#CC1(NC(=O)C2CCCCC2)CC1.O=S1CCN(c2ccc(-c3coc(-c4ccc(F)cn4)n3)cc2)CC1. The quantitative estimate of drug-likeness (QED) is 0.484. The van der Waals surface area contributed by atoms with Crippen molar-refractivity contribution in [2.24, 2.45) is 5.92 Å². The summed E-state index contributed by atoms with van der Waals surface area (Å²) in [4.78, 5) is 22.4. The van der Waals surface area contributed by atoms with Crippen LogP contribution in [0.5, 0.6) is 0 Å². The number of nitrogens with one attached hydrogen (secondary N) is 1. The lowest BCUT2D eigenvalue weighted by Gasteiger charge is -2.28. The Morgan fingerprint density at radius 1 is 1.08 bits per heavy atom. The number of hydrogen-bond donors (Lipinski definition) is 1. The van der Waals surface area contributed by atoms with E-state index in [0.717, 1.165) is 80.6 Å². The van der Waals surface area contributed by atoms with Crippen molar-refractivity contribution in [3.05, 3.63) is 54.7 Å². The van der Waals surface area contributed by atoms with E-state index in [1.807, 2.05) is 24.3 Å². The van der Waals surface area contributed by atoms with Gasteiger partial charge in [0.05, 0.1) is 12.3 Å². The molecule has 2 saturated carbocycles. The molecule has 0 unspecified atom stereocenters. The molecule has 0 bridgehead atoms. The highest BCUT2D eigenvalue weighted by Crippen LogP contribution is 2.35. The molecule has 39 heavy (non-hydrogen) atoms. The van der Waals surface area contributed by atoms with Crippen molar-refractivity contribution in [1.29, 1.82) is 5.26 Å². The summed E-state index contributed by atoms with van der Waals surface area (Å²) in [6.45, 7) is 1.63. The first-order valence-corrected chi connectivity index (χ1v) is 14.9. The first-order chi connectivity index (χ1) is 18.9. The molecule has 1 aliphatic heterocycles. The maximum atomic E-state index is 13.0. The van der Waals surface area contributed by atoms with Crippen LogP contribution in [0, 0.1) is 23.1 Å². The molecule has 8 nitrogen and oxygen atoms in total. The third kappa shape index (κ3) is 6.90. The Morgan fingerprint density at radius 3 is 2.41 bits per heavy atom.